The second-order valence-corrected chi connectivity index (χ2v) is 8.57. The highest BCUT2D eigenvalue weighted by Crippen LogP contribution is 2.30. The highest BCUT2D eigenvalue weighted by molar-refractivity contribution is 7.15. The van der Waals surface area contributed by atoms with Gasteiger partial charge in [0.25, 0.3) is 5.91 Å². The molecule has 0 bridgehead atoms. The summed E-state index contributed by atoms with van der Waals surface area (Å²) in [7, 11) is 3.12. The van der Waals surface area contributed by atoms with Crippen LogP contribution >= 0.6 is 11.3 Å². The number of nitrogens with one attached hydrogen (secondary N) is 1. The molecule has 0 saturated carbocycles. The molecule has 8 nitrogen and oxygen atoms in total. The minimum atomic E-state index is -0.141. The quantitative estimate of drug-likeness (QED) is 0.631. The molecule has 2 aromatic heterocycles. The molecule has 1 aromatic carbocycles. The van der Waals surface area contributed by atoms with Crippen LogP contribution in [0.25, 0.3) is 10.6 Å². The second kappa shape index (κ2) is 8.89. The van der Waals surface area contributed by atoms with Gasteiger partial charge in [-0.1, -0.05) is 0 Å². The first-order valence-corrected chi connectivity index (χ1v) is 10.9. The van der Waals surface area contributed by atoms with Crippen LogP contribution in [-0.2, 0) is 0 Å². The van der Waals surface area contributed by atoms with Crippen molar-refractivity contribution in [3.63, 3.8) is 0 Å². The van der Waals surface area contributed by atoms with Gasteiger partial charge < -0.3 is 19.7 Å². The molecule has 4 rings (SSSR count). The summed E-state index contributed by atoms with van der Waals surface area (Å²) >= 11 is 1.63. The number of ether oxygens (including phenoxy) is 2. The summed E-state index contributed by atoms with van der Waals surface area (Å²) in [6.45, 7) is 5.43. The topological polar surface area (TPSA) is 89.5 Å². The number of benzene rings is 1. The lowest BCUT2D eigenvalue weighted by atomic mass is 10.1. The van der Waals surface area contributed by atoms with Gasteiger partial charge in [-0.3, -0.25) is 4.79 Å². The zero-order valence-electron chi connectivity index (χ0n) is 18.0. The number of carbonyl (C=O) groups is 1. The average molecular weight is 440 g/mol. The molecule has 1 aliphatic rings. The van der Waals surface area contributed by atoms with Crippen LogP contribution in [0, 0.1) is 13.8 Å². The van der Waals surface area contributed by atoms with Crippen LogP contribution in [0.4, 0.5) is 5.95 Å². The van der Waals surface area contributed by atoms with E-state index in [9.17, 15) is 4.79 Å². The van der Waals surface area contributed by atoms with E-state index >= 15 is 0 Å². The van der Waals surface area contributed by atoms with Gasteiger partial charge in [0.1, 0.15) is 0 Å². The van der Waals surface area contributed by atoms with Gasteiger partial charge in [0.15, 0.2) is 11.5 Å². The molecule has 0 radical (unpaired) electrons. The van der Waals surface area contributed by atoms with E-state index in [1.165, 1.54) is 0 Å². The van der Waals surface area contributed by atoms with E-state index in [1.54, 1.807) is 50.0 Å². The maximum atomic E-state index is 12.7. The summed E-state index contributed by atoms with van der Waals surface area (Å²) < 4.78 is 10.5. The zero-order valence-corrected chi connectivity index (χ0v) is 18.8. The minimum Gasteiger partial charge on any atom is -0.493 e. The molecule has 1 unspecified atom stereocenters. The third-order valence-electron chi connectivity index (χ3n) is 5.23. The van der Waals surface area contributed by atoms with E-state index in [4.69, 9.17) is 14.5 Å². The van der Waals surface area contributed by atoms with Crippen LogP contribution in [-0.4, -0.2) is 54.2 Å². The lowest BCUT2D eigenvalue weighted by Gasteiger charge is -2.17. The van der Waals surface area contributed by atoms with Crippen LogP contribution in [0.5, 0.6) is 11.5 Å². The van der Waals surface area contributed by atoms with Gasteiger partial charge in [-0.15, -0.1) is 11.3 Å². The Balaban J connectivity index is 1.44. The zero-order chi connectivity index (χ0) is 22.0. The fourth-order valence-corrected chi connectivity index (χ4v) is 4.59. The number of thiazole rings is 1. The molecule has 3 aromatic rings. The van der Waals surface area contributed by atoms with Gasteiger partial charge in [-0.2, -0.15) is 0 Å². The number of hydrogen-bond donors (Lipinski definition) is 1. The predicted molar refractivity (Wildman–Crippen MR) is 120 cm³/mol. The van der Waals surface area contributed by atoms with Crippen LogP contribution in [0.15, 0.2) is 30.5 Å². The van der Waals surface area contributed by atoms with Crippen LogP contribution in [0.1, 0.15) is 27.5 Å². The number of aromatic nitrogens is 3. The number of nitrogens with zero attached hydrogens (tertiary/aromatic N) is 4. The van der Waals surface area contributed by atoms with Crippen molar-refractivity contribution in [3.05, 3.63) is 46.7 Å². The van der Waals surface area contributed by atoms with Crippen molar-refractivity contribution >= 4 is 23.2 Å². The second-order valence-electron chi connectivity index (χ2n) is 7.36. The maximum absolute atomic E-state index is 12.7. The number of anilines is 1. The van der Waals surface area contributed by atoms with E-state index in [2.05, 4.69) is 20.2 Å². The summed E-state index contributed by atoms with van der Waals surface area (Å²) in [5.74, 6) is 1.65. The van der Waals surface area contributed by atoms with E-state index in [0.717, 1.165) is 34.2 Å². The van der Waals surface area contributed by atoms with Gasteiger partial charge in [0.05, 0.1) is 35.5 Å². The van der Waals surface area contributed by atoms with Crippen molar-refractivity contribution < 1.29 is 14.3 Å². The number of rotatable bonds is 6. The predicted octanol–water partition coefficient (Wildman–Crippen LogP) is 3.24. The largest absolute Gasteiger partial charge is 0.493 e. The van der Waals surface area contributed by atoms with Crippen molar-refractivity contribution in [1.29, 1.82) is 0 Å². The molecule has 1 aliphatic heterocycles. The molecule has 162 valence electrons. The van der Waals surface area contributed by atoms with Crippen molar-refractivity contribution in [2.24, 2.45) is 0 Å². The van der Waals surface area contributed by atoms with Gasteiger partial charge in [0, 0.05) is 30.9 Å². The van der Waals surface area contributed by atoms with Crippen LogP contribution in [0.3, 0.4) is 0 Å². The first kappa shape index (κ1) is 21.0. The molecular weight excluding hydrogens is 414 g/mol. The number of carbonyl (C=O) groups excluding carboxylic acids is 1. The molecular formula is C22H25N5O3S. The summed E-state index contributed by atoms with van der Waals surface area (Å²) in [6, 6.07) is 7.08. The lowest BCUT2D eigenvalue weighted by Crippen LogP contribution is -2.37. The minimum absolute atomic E-state index is 0.0141. The van der Waals surface area contributed by atoms with E-state index < -0.39 is 0 Å². The highest BCUT2D eigenvalue weighted by atomic mass is 32.1. The summed E-state index contributed by atoms with van der Waals surface area (Å²) in [5.41, 5.74) is 2.39. The number of methoxy groups -OCH3 is 2. The fourth-order valence-electron chi connectivity index (χ4n) is 3.70. The molecule has 0 aliphatic carbocycles. The molecule has 9 heteroatoms. The third kappa shape index (κ3) is 4.46. The molecule has 1 atom stereocenters. The Bertz CT molecular complexity index is 1100. The maximum Gasteiger partial charge on any atom is 0.251 e. The molecule has 31 heavy (non-hydrogen) atoms. The van der Waals surface area contributed by atoms with E-state index in [0.29, 0.717) is 29.6 Å². The smallest absolute Gasteiger partial charge is 0.251 e. The molecule has 1 N–H and O–H groups in total. The Morgan fingerprint density at radius 1 is 1.16 bits per heavy atom. The Morgan fingerprint density at radius 2 is 1.97 bits per heavy atom. The van der Waals surface area contributed by atoms with E-state index in [1.807, 2.05) is 19.9 Å². The van der Waals surface area contributed by atoms with Crippen molar-refractivity contribution in [3.8, 4) is 22.1 Å². The Kier molecular flexibility index (Phi) is 6.03. The van der Waals surface area contributed by atoms with Gasteiger partial charge >= 0.3 is 0 Å². The van der Waals surface area contributed by atoms with Crippen LogP contribution < -0.4 is 19.7 Å². The highest BCUT2D eigenvalue weighted by Gasteiger charge is 2.26. The number of amides is 1. The summed E-state index contributed by atoms with van der Waals surface area (Å²) in [6.07, 6.45) is 2.60. The van der Waals surface area contributed by atoms with Gasteiger partial charge in [-0.25, -0.2) is 15.0 Å². The van der Waals surface area contributed by atoms with Crippen molar-refractivity contribution in [1.82, 2.24) is 20.3 Å². The number of aryl methyl sites for hydroxylation is 2. The summed E-state index contributed by atoms with van der Waals surface area (Å²) in [5, 5.41) is 4.12. The molecule has 1 amide bonds. The monoisotopic (exact) mass is 439 g/mol. The first-order valence-electron chi connectivity index (χ1n) is 10.0. The summed E-state index contributed by atoms with van der Waals surface area (Å²) in [4.78, 5) is 29.6. The third-order valence-corrected chi connectivity index (χ3v) is 6.33. The van der Waals surface area contributed by atoms with Crippen molar-refractivity contribution in [2.45, 2.75) is 26.3 Å². The molecule has 1 saturated heterocycles. The van der Waals surface area contributed by atoms with Gasteiger partial charge in [0.2, 0.25) is 5.95 Å². The van der Waals surface area contributed by atoms with Crippen molar-refractivity contribution in [2.75, 3.05) is 32.2 Å². The Morgan fingerprint density at radius 3 is 2.68 bits per heavy atom. The first-order chi connectivity index (χ1) is 15.0. The Hall–Kier alpha value is -3.20. The molecule has 3 heterocycles. The fraction of sp³-hybridized carbons (Fsp3) is 0.364. The standard InChI is InChI=1S/C22H25N5O3S/c1-13-20(31-14(2)24-13)17-7-9-23-22(26-17)27-10-8-16(12-27)25-21(28)15-5-6-18(29-3)19(11-15)30-4/h5-7,9,11,16H,8,10,12H2,1-4H3,(H,25,28). The normalized spacial score (nSPS) is 15.7. The Labute approximate surface area is 185 Å². The van der Waals surface area contributed by atoms with Gasteiger partial charge in [-0.05, 0) is 44.5 Å². The lowest BCUT2D eigenvalue weighted by molar-refractivity contribution is 0.0940. The average Bonchev–Trinajstić information content (AvgIpc) is 3.38. The molecule has 0 spiro atoms. The van der Waals surface area contributed by atoms with Crippen LogP contribution in [0.2, 0.25) is 0 Å². The van der Waals surface area contributed by atoms with E-state index in [-0.39, 0.29) is 11.9 Å². The SMILES string of the molecule is COc1ccc(C(=O)NC2CCN(c3nccc(-c4sc(C)nc4C)n3)C2)cc1OC. The molecule has 1 fully saturated rings. The number of hydrogen-bond acceptors (Lipinski definition) is 8.